The van der Waals surface area contributed by atoms with Gasteiger partial charge in [0.15, 0.2) is 5.17 Å². The van der Waals surface area contributed by atoms with Crippen LogP contribution in [0.2, 0.25) is 0 Å². The highest BCUT2D eigenvalue weighted by Crippen LogP contribution is 2.38. The number of nitrogens with one attached hydrogen (secondary N) is 1. The van der Waals surface area contributed by atoms with E-state index in [0.29, 0.717) is 6.42 Å². The van der Waals surface area contributed by atoms with E-state index in [2.05, 4.69) is 17.2 Å². The maximum absolute atomic E-state index is 10.8. The number of amides is 1. The molecule has 2 fully saturated rings. The van der Waals surface area contributed by atoms with E-state index in [9.17, 15) is 4.79 Å². The van der Waals surface area contributed by atoms with Crippen LogP contribution < -0.4 is 11.1 Å². The first kappa shape index (κ1) is 13.7. The van der Waals surface area contributed by atoms with E-state index >= 15 is 0 Å². The van der Waals surface area contributed by atoms with Gasteiger partial charge in [-0.15, -0.1) is 0 Å². The van der Waals surface area contributed by atoms with Crippen LogP contribution in [0.5, 0.6) is 0 Å². The first-order valence-corrected chi connectivity index (χ1v) is 7.75. The van der Waals surface area contributed by atoms with Gasteiger partial charge in [0.2, 0.25) is 5.91 Å². The molecule has 0 aromatic rings. The maximum atomic E-state index is 10.8. The van der Waals surface area contributed by atoms with Gasteiger partial charge in [-0.1, -0.05) is 18.7 Å². The molecule has 1 saturated carbocycles. The van der Waals surface area contributed by atoms with Crippen LogP contribution in [-0.2, 0) is 4.79 Å². The van der Waals surface area contributed by atoms with Crippen LogP contribution in [0.25, 0.3) is 0 Å². The molecule has 1 unspecified atom stereocenters. The van der Waals surface area contributed by atoms with Crippen molar-refractivity contribution in [3.63, 3.8) is 0 Å². The van der Waals surface area contributed by atoms with E-state index < -0.39 is 0 Å². The molecule has 0 aromatic heterocycles. The second-order valence-corrected chi connectivity index (χ2v) is 6.79. The molecule has 2 rings (SSSR count). The summed E-state index contributed by atoms with van der Waals surface area (Å²) in [5.74, 6) is 1.69. The third-order valence-electron chi connectivity index (χ3n) is 3.92. The third kappa shape index (κ3) is 3.40. The number of hydrogen-bond donors (Lipinski definition) is 2. The van der Waals surface area contributed by atoms with E-state index in [1.165, 1.54) is 25.7 Å². The number of thioether (sulfide) groups is 1. The molecule has 1 saturated heterocycles. The van der Waals surface area contributed by atoms with Crippen molar-refractivity contribution in [3.8, 4) is 0 Å². The Labute approximate surface area is 113 Å². The maximum Gasteiger partial charge on any atom is 0.219 e. The molecular formula is C13H23N3OS. The molecule has 5 heteroatoms. The molecule has 4 nitrogen and oxygen atoms in total. The summed E-state index contributed by atoms with van der Waals surface area (Å²) in [5, 5.41) is 4.59. The van der Waals surface area contributed by atoms with Crippen molar-refractivity contribution < 1.29 is 4.79 Å². The highest BCUT2D eigenvalue weighted by Gasteiger charge is 2.39. The lowest BCUT2D eigenvalue weighted by Gasteiger charge is -2.35. The topological polar surface area (TPSA) is 67.5 Å². The Morgan fingerprint density at radius 1 is 1.61 bits per heavy atom. The number of amidine groups is 1. The molecule has 3 N–H and O–H groups in total. The normalized spacial score (nSPS) is 35.7. The highest BCUT2D eigenvalue weighted by molar-refractivity contribution is 8.14. The third-order valence-corrected chi connectivity index (χ3v) is 5.10. The average Bonchev–Trinajstić information content (AvgIpc) is 2.65. The molecule has 1 atom stereocenters. The Kier molecular flexibility index (Phi) is 4.20. The number of primary amides is 1. The molecule has 1 heterocycles. The Hall–Kier alpha value is -0.710. The van der Waals surface area contributed by atoms with Gasteiger partial charge in [-0.25, -0.2) is 0 Å². The van der Waals surface area contributed by atoms with E-state index in [1.807, 2.05) is 6.92 Å². The zero-order valence-corrected chi connectivity index (χ0v) is 12.1. The number of hydrogen-bond acceptors (Lipinski definition) is 3. The number of nitrogens with two attached hydrogens (primary N) is 1. The molecule has 0 aromatic carbocycles. The summed E-state index contributed by atoms with van der Waals surface area (Å²) in [4.78, 5) is 15.4. The monoisotopic (exact) mass is 269 g/mol. The fourth-order valence-electron chi connectivity index (χ4n) is 2.70. The standard InChI is InChI=1S/C13H23N3OS/c1-9-3-5-13(6-4-9)8-18-12(16-13)15-10(2)7-11(14)17/h9-10H,3-8H2,1-2H3,(H2,14,17)(H,15,16). The molecule has 1 amide bonds. The van der Waals surface area contributed by atoms with E-state index in [1.54, 1.807) is 11.8 Å². The van der Waals surface area contributed by atoms with Crippen LogP contribution >= 0.6 is 11.8 Å². The van der Waals surface area contributed by atoms with Gasteiger partial charge >= 0.3 is 0 Å². The van der Waals surface area contributed by atoms with Gasteiger partial charge in [0.1, 0.15) is 0 Å². The summed E-state index contributed by atoms with van der Waals surface area (Å²) < 4.78 is 0. The first-order chi connectivity index (χ1) is 8.49. The van der Waals surface area contributed by atoms with E-state index in [-0.39, 0.29) is 17.5 Å². The second kappa shape index (κ2) is 5.51. The van der Waals surface area contributed by atoms with Crippen LogP contribution in [0.1, 0.15) is 46.0 Å². The first-order valence-electron chi connectivity index (χ1n) is 6.76. The lowest BCUT2D eigenvalue weighted by molar-refractivity contribution is -0.118. The summed E-state index contributed by atoms with van der Waals surface area (Å²) in [7, 11) is 0. The minimum atomic E-state index is -0.281. The fraction of sp³-hybridized carbons (Fsp3) is 0.846. The largest absolute Gasteiger partial charge is 0.370 e. The van der Waals surface area contributed by atoms with Crippen molar-refractivity contribution in [2.75, 3.05) is 5.75 Å². The molecule has 0 radical (unpaired) electrons. The predicted octanol–water partition coefficient (Wildman–Crippen LogP) is 1.89. The number of aliphatic imine (C=N–C) groups is 1. The van der Waals surface area contributed by atoms with Gasteiger partial charge in [-0.3, -0.25) is 9.79 Å². The summed E-state index contributed by atoms with van der Waals surface area (Å²) in [6.07, 6.45) is 5.42. The quantitative estimate of drug-likeness (QED) is 0.822. The minimum Gasteiger partial charge on any atom is -0.370 e. The number of nitrogens with zero attached hydrogens (tertiary/aromatic N) is 1. The van der Waals surface area contributed by atoms with Crippen molar-refractivity contribution in [2.45, 2.75) is 57.5 Å². The van der Waals surface area contributed by atoms with Gasteiger partial charge in [0.05, 0.1) is 6.04 Å². The van der Waals surface area contributed by atoms with Crippen molar-refractivity contribution in [1.29, 1.82) is 0 Å². The van der Waals surface area contributed by atoms with E-state index in [4.69, 9.17) is 5.73 Å². The molecule has 0 bridgehead atoms. The Bertz CT molecular complexity index is 348. The number of carbonyl (C=O) groups is 1. The zero-order chi connectivity index (χ0) is 13.2. The van der Waals surface area contributed by atoms with Crippen LogP contribution in [0.4, 0.5) is 0 Å². The summed E-state index contributed by atoms with van der Waals surface area (Å²) >= 11 is 1.79. The molecular weight excluding hydrogens is 246 g/mol. The Balaban J connectivity index is 1.91. The van der Waals surface area contributed by atoms with Crippen LogP contribution in [-0.4, -0.2) is 28.4 Å². The lowest BCUT2D eigenvalue weighted by Crippen LogP contribution is -2.46. The minimum absolute atomic E-state index is 0.0184. The Morgan fingerprint density at radius 2 is 2.28 bits per heavy atom. The molecule has 1 aliphatic carbocycles. The average molecular weight is 269 g/mol. The van der Waals surface area contributed by atoms with Crippen LogP contribution in [0, 0.1) is 5.92 Å². The second-order valence-electron chi connectivity index (χ2n) is 5.83. The van der Waals surface area contributed by atoms with Gasteiger partial charge in [0.25, 0.3) is 0 Å². The SMILES string of the molecule is CC1CCC2(CC1)CSC(=NC(C)CC(N)=O)N2. The lowest BCUT2D eigenvalue weighted by atomic mass is 9.78. The van der Waals surface area contributed by atoms with Crippen molar-refractivity contribution >= 4 is 22.8 Å². The molecule has 1 spiro atoms. The predicted molar refractivity (Wildman–Crippen MR) is 76.7 cm³/mol. The number of rotatable bonds is 3. The van der Waals surface area contributed by atoms with Crippen molar-refractivity contribution in [2.24, 2.45) is 16.6 Å². The highest BCUT2D eigenvalue weighted by atomic mass is 32.2. The number of carbonyl (C=O) groups excluding carboxylic acids is 1. The van der Waals surface area contributed by atoms with Gasteiger partial charge in [-0.2, -0.15) is 0 Å². The Morgan fingerprint density at radius 3 is 2.89 bits per heavy atom. The summed E-state index contributed by atoms with van der Waals surface area (Å²) in [5.41, 5.74) is 5.45. The zero-order valence-electron chi connectivity index (χ0n) is 11.2. The summed E-state index contributed by atoms with van der Waals surface area (Å²) in [6, 6.07) is -0.0184. The summed E-state index contributed by atoms with van der Waals surface area (Å²) in [6.45, 7) is 4.27. The van der Waals surface area contributed by atoms with Crippen molar-refractivity contribution in [1.82, 2.24) is 5.32 Å². The molecule has 102 valence electrons. The van der Waals surface area contributed by atoms with Gasteiger partial charge in [0, 0.05) is 17.7 Å². The van der Waals surface area contributed by atoms with E-state index in [0.717, 1.165) is 16.8 Å². The van der Waals surface area contributed by atoms with Gasteiger partial charge in [-0.05, 0) is 38.5 Å². The molecule has 2 aliphatic rings. The van der Waals surface area contributed by atoms with Gasteiger partial charge < -0.3 is 11.1 Å². The molecule has 1 aliphatic heterocycles. The fourth-order valence-corrected chi connectivity index (χ4v) is 4.01. The van der Waals surface area contributed by atoms with Crippen LogP contribution in [0.15, 0.2) is 4.99 Å². The molecule has 18 heavy (non-hydrogen) atoms. The van der Waals surface area contributed by atoms with Crippen molar-refractivity contribution in [3.05, 3.63) is 0 Å². The van der Waals surface area contributed by atoms with Crippen LogP contribution in [0.3, 0.4) is 0 Å². The smallest absolute Gasteiger partial charge is 0.219 e.